The van der Waals surface area contributed by atoms with Crippen LogP contribution in [0.25, 0.3) is 0 Å². The van der Waals surface area contributed by atoms with Gasteiger partial charge in [0.05, 0.1) is 10.7 Å². The number of aromatic nitrogens is 1. The van der Waals surface area contributed by atoms with Gasteiger partial charge in [0.2, 0.25) is 5.91 Å². The van der Waals surface area contributed by atoms with E-state index in [1.807, 2.05) is 0 Å². The van der Waals surface area contributed by atoms with Crippen LogP contribution in [0.2, 0.25) is 5.02 Å². The van der Waals surface area contributed by atoms with Crippen molar-refractivity contribution < 1.29 is 4.79 Å². The molecule has 14 heavy (non-hydrogen) atoms. The van der Waals surface area contributed by atoms with Gasteiger partial charge in [-0.2, -0.15) is 0 Å². The number of fused-ring (bicyclic) bond motifs is 1. The Morgan fingerprint density at radius 2 is 2.29 bits per heavy atom. The van der Waals surface area contributed by atoms with Crippen LogP contribution in [0.5, 0.6) is 0 Å². The Bertz CT molecular complexity index is 428. The van der Waals surface area contributed by atoms with E-state index in [0.29, 0.717) is 16.5 Å². The molecule has 2 aliphatic rings. The first-order chi connectivity index (χ1) is 6.70. The Kier molecular flexibility index (Phi) is 1.37. The van der Waals surface area contributed by atoms with Gasteiger partial charge in [-0.05, 0) is 18.9 Å². The quantitative estimate of drug-likeness (QED) is 0.683. The van der Waals surface area contributed by atoms with Crippen molar-refractivity contribution in [1.82, 2.24) is 4.98 Å². The number of carbonyl (C=O) groups is 1. The molecule has 72 valence electrons. The fourth-order valence-electron chi connectivity index (χ4n) is 1.64. The zero-order valence-corrected chi connectivity index (χ0v) is 8.06. The summed E-state index contributed by atoms with van der Waals surface area (Å²) in [7, 11) is 0. The average molecular weight is 210 g/mol. The zero-order chi connectivity index (χ0) is 9.76. The molecule has 1 amide bonds. The SMILES string of the molecule is O=C1Nc2cc(Cl)cnc2NC12CC2. The molecule has 3 rings (SSSR count). The maximum atomic E-state index is 11.6. The van der Waals surface area contributed by atoms with Gasteiger partial charge in [-0.3, -0.25) is 4.79 Å². The second-order valence-electron chi connectivity index (χ2n) is 3.71. The van der Waals surface area contributed by atoms with Gasteiger partial charge in [-0.25, -0.2) is 4.98 Å². The molecular weight excluding hydrogens is 202 g/mol. The maximum Gasteiger partial charge on any atom is 0.250 e. The average Bonchev–Trinajstić information content (AvgIpc) is 2.89. The lowest BCUT2D eigenvalue weighted by molar-refractivity contribution is -0.117. The van der Waals surface area contributed by atoms with Crippen LogP contribution >= 0.6 is 11.6 Å². The number of carbonyl (C=O) groups excluding carboxylic acids is 1. The third-order valence-corrected chi connectivity index (χ3v) is 2.85. The van der Waals surface area contributed by atoms with Crippen molar-refractivity contribution in [3.63, 3.8) is 0 Å². The molecule has 0 radical (unpaired) electrons. The molecule has 2 heterocycles. The monoisotopic (exact) mass is 209 g/mol. The molecule has 0 aromatic carbocycles. The number of anilines is 2. The Hall–Kier alpha value is -1.29. The molecule has 0 unspecified atom stereocenters. The van der Waals surface area contributed by atoms with Gasteiger partial charge >= 0.3 is 0 Å². The van der Waals surface area contributed by atoms with E-state index < -0.39 is 0 Å². The predicted octanol–water partition coefficient (Wildman–Crippen LogP) is 1.63. The Labute approximate surface area is 85.7 Å². The number of amides is 1. The fourth-order valence-corrected chi connectivity index (χ4v) is 1.79. The number of nitrogens with zero attached hydrogens (tertiary/aromatic N) is 1. The summed E-state index contributed by atoms with van der Waals surface area (Å²) in [5, 5.41) is 6.47. The number of hydrogen-bond donors (Lipinski definition) is 2. The zero-order valence-electron chi connectivity index (χ0n) is 7.30. The first kappa shape index (κ1) is 8.05. The van der Waals surface area contributed by atoms with Crippen molar-refractivity contribution in [1.29, 1.82) is 0 Å². The smallest absolute Gasteiger partial charge is 0.250 e. The molecule has 1 spiro atoms. The summed E-state index contributed by atoms with van der Waals surface area (Å²) in [5.74, 6) is 0.737. The molecule has 1 aliphatic carbocycles. The molecule has 4 nitrogen and oxygen atoms in total. The minimum Gasteiger partial charge on any atom is -0.354 e. The van der Waals surface area contributed by atoms with Gasteiger partial charge in [0.25, 0.3) is 0 Å². The van der Waals surface area contributed by atoms with Crippen molar-refractivity contribution >= 4 is 29.0 Å². The maximum absolute atomic E-state index is 11.6. The summed E-state index contributed by atoms with van der Waals surface area (Å²) >= 11 is 5.77. The van der Waals surface area contributed by atoms with E-state index in [0.717, 1.165) is 12.8 Å². The highest BCUT2D eigenvalue weighted by atomic mass is 35.5. The van der Waals surface area contributed by atoms with Crippen LogP contribution in [0.1, 0.15) is 12.8 Å². The number of rotatable bonds is 0. The van der Waals surface area contributed by atoms with E-state index >= 15 is 0 Å². The van der Waals surface area contributed by atoms with Crippen LogP contribution in [-0.4, -0.2) is 16.4 Å². The second-order valence-corrected chi connectivity index (χ2v) is 4.15. The van der Waals surface area contributed by atoms with Crippen molar-refractivity contribution in [2.45, 2.75) is 18.4 Å². The molecule has 2 N–H and O–H groups in total. The summed E-state index contributed by atoms with van der Waals surface area (Å²) in [6.45, 7) is 0. The molecule has 1 saturated carbocycles. The van der Waals surface area contributed by atoms with Crippen LogP contribution in [-0.2, 0) is 4.79 Å². The first-order valence-electron chi connectivity index (χ1n) is 4.45. The number of pyridine rings is 1. The van der Waals surface area contributed by atoms with Gasteiger partial charge in [0.1, 0.15) is 5.54 Å². The van der Waals surface area contributed by atoms with E-state index in [1.54, 1.807) is 12.3 Å². The number of nitrogens with one attached hydrogen (secondary N) is 2. The van der Waals surface area contributed by atoms with Crippen LogP contribution in [0.4, 0.5) is 11.5 Å². The van der Waals surface area contributed by atoms with Gasteiger partial charge in [-0.1, -0.05) is 11.6 Å². The summed E-state index contributed by atoms with van der Waals surface area (Å²) in [5.41, 5.74) is 0.286. The molecule has 1 aromatic heterocycles. The molecule has 0 atom stereocenters. The van der Waals surface area contributed by atoms with Gasteiger partial charge in [-0.15, -0.1) is 0 Å². The molecule has 1 fully saturated rings. The summed E-state index contributed by atoms with van der Waals surface area (Å²) < 4.78 is 0. The third-order valence-electron chi connectivity index (χ3n) is 2.64. The van der Waals surface area contributed by atoms with Crippen LogP contribution in [0, 0.1) is 0 Å². The highest BCUT2D eigenvalue weighted by molar-refractivity contribution is 6.31. The van der Waals surface area contributed by atoms with Crippen LogP contribution < -0.4 is 10.6 Å². The molecule has 0 bridgehead atoms. The fraction of sp³-hybridized carbons (Fsp3) is 0.333. The Morgan fingerprint density at radius 3 is 3.00 bits per heavy atom. The van der Waals surface area contributed by atoms with E-state index in [1.165, 1.54) is 0 Å². The predicted molar refractivity (Wildman–Crippen MR) is 53.5 cm³/mol. The minimum absolute atomic E-state index is 0.0223. The van der Waals surface area contributed by atoms with Gasteiger partial charge in [0, 0.05) is 6.20 Å². The van der Waals surface area contributed by atoms with Crippen LogP contribution in [0.15, 0.2) is 12.3 Å². The topological polar surface area (TPSA) is 54.0 Å². The van der Waals surface area contributed by atoms with E-state index in [2.05, 4.69) is 15.6 Å². The Morgan fingerprint density at radius 1 is 1.50 bits per heavy atom. The normalized spacial score (nSPS) is 21.1. The van der Waals surface area contributed by atoms with Crippen molar-refractivity contribution in [3.05, 3.63) is 17.3 Å². The molecule has 1 aliphatic heterocycles. The largest absolute Gasteiger partial charge is 0.354 e. The highest BCUT2D eigenvalue weighted by Crippen LogP contribution is 2.44. The summed E-state index contributed by atoms with van der Waals surface area (Å²) in [4.78, 5) is 15.7. The summed E-state index contributed by atoms with van der Waals surface area (Å²) in [6.07, 6.45) is 3.33. The van der Waals surface area contributed by atoms with Gasteiger partial charge < -0.3 is 10.6 Å². The number of halogens is 1. The lowest BCUT2D eigenvalue weighted by Gasteiger charge is -2.25. The molecular formula is C9H8ClN3O. The van der Waals surface area contributed by atoms with Crippen LogP contribution in [0.3, 0.4) is 0 Å². The van der Waals surface area contributed by atoms with Gasteiger partial charge in [0.15, 0.2) is 5.82 Å². The standard InChI is InChI=1S/C9H8ClN3O/c10-5-3-6-7(11-4-5)13-9(1-2-9)8(14)12-6/h3-4H,1-2H2,(H,11,13)(H,12,14). The lowest BCUT2D eigenvalue weighted by Crippen LogP contribution is -2.41. The minimum atomic E-state index is -0.381. The first-order valence-corrected chi connectivity index (χ1v) is 4.83. The molecule has 5 heteroatoms. The third kappa shape index (κ3) is 1.00. The lowest BCUT2D eigenvalue weighted by atomic mass is 10.2. The van der Waals surface area contributed by atoms with Crippen molar-refractivity contribution in [2.24, 2.45) is 0 Å². The van der Waals surface area contributed by atoms with Crippen molar-refractivity contribution in [3.8, 4) is 0 Å². The number of hydrogen-bond acceptors (Lipinski definition) is 3. The summed E-state index contributed by atoms with van der Waals surface area (Å²) in [6, 6.07) is 1.70. The van der Waals surface area contributed by atoms with Crippen molar-refractivity contribution in [2.75, 3.05) is 10.6 Å². The van der Waals surface area contributed by atoms with E-state index in [4.69, 9.17) is 11.6 Å². The molecule has 0 saturated heterocycles. The molecule has 1 aromatic rings. The van der Waals surface area contributed by atoms with E-state index in [9.17, 15) is 4.79 Å². The highest BCUT2D eigenvalue weighted by Gasteiger charge is 2.52. The Balaban J connectivity index is 2.06. The van der Waals surface area contributed by atoms with E-state index in [-0.39, 0.29) is 11.4 Å². The second kappa shape index (κ2) is 2.39.